The van der Waals surface area contributed by atoms with Gasteiger partial charge in [-0.2, -0.15) is 5.10 Å². The van der Waals surface area contributed by atoms with Crippen LogP contribution in [0, 0.1) is 0 Å². The molecule has 0 amide bonds. The van der Waals surface area contributed by atoms with Crippen LogP contribution in [0.4, 0.5) is 0 Å². The lowest BCUT2D eigenvalue weighted by molar-refractivity contribution is 0.652. The van der Waals surface area contributed by atoms with Crippen molar-refractivity contribution in [3.63, 3.8) is 0 Å². The monoisotopic (exact) mass is 203 g/mol. The standard InChI is InChI=1S/C10H9N3S/c1-2-4-9-8(3-1)7-12-13(9)10-11-5-6-14-10/h1-5,7,10H,6H2. The number of rotatable bonds is 1. The molecule has 1 unspecified atom stereocenters. The van der Waals surface area contributed by atoms with Crippen LogP contribution in [0.1, 0.15) is 5.50 Å². The molecule has 1 aromatic carbocycles. The number of nitrogens with zero attached hydrogens (tertiary/aromatic N) is 3. The second-order valence-corrected chi connectivity index (χ2v) is 4.23. The lowest BCUT2D eigenvalue weighted by atomic mass is 10.3. The van der Waals surface area contributed by atoms with Gasteiger partial charge in [0.25, 0.3) is 0 Å². The Balaban J connectivity index is 2.16. The second-order valence-electron chi connectivity index (χ2n) is 3.14. The molecule has 4 heteroatoms. The van der Waals surface area contributed by atoms with Gasteiger partial charge in [-0.15, -0.1) is 11.8 Å². The topological polar surface area (TPSA) is 30.2 Å². The average Bonchev–Trinajstić information content (AvgIpc) is 2.85. The molecule has 1 aliphatic heterocycles. The fourth-order valence-corrected chi connectivity index (χ4v) is 2.43. The molecule has 0 fully saturated rings. The number of thioether (sulfide) groups is 1. The molecule has 0 bridgehead atoms. The number of aliphatic imine (C=N–C) groups is 1. The molecule has 1 aliphatic rings. The summed E-state index contributed by atoms with van der Waals surface area (Å²) in [6.07, 6.45) is 3.84. The summed E-state index contributed by atoms with van der Waals surface area (Å²) in [5.74, 6) is 0.985. The first kappa shape index (κ1) is 8.05. The molecule has 0 saturated carbocycles. The van der Waals surface area contributed by atoms with E-state index < -0.39 is 0 Å². The summed E-state index contributed by atoms with van der Waals surface area (Å²) in [4.78, 5) is 4.37. The Kier molecular flexibility index (Phi) is 1.80. The molecule has 3 nitrogen and oxygen atoms in total. The summed E-state index contributed by atoms with van der Waals surface area (Å²) >= 11 is 1.79. The Bertz CT molecular complexity index is 489. The third-order valence-corrected chi connectivity index (χ3v) is 3.23. The van der Waals surface area contributed by atoms with Gasteiger partial charge in [0.05, 0.1) is 11.7 Å². The fourth-order valence-electron chi connectivity index (χ4n) is 1.61. The van der Waals surface area contributed by atoms with E-state index in [0.29, 0.717) is 0 Å². The van der Waals surface area contributed by atoms with Gasteiger partial charge in [-0.1, -0.05) is 18.2 Å². The van der Waals surface area contributed by atoms with Crippen LogP contribution in [0.2, 0.25) is 0 Å². The van der Waals surface area contributed by atoms with Crippen LogP contribution in [0.25, 0.3) is 10.9 Å². The number of fused-ring (bicyclic) bond motifs is 1. The predicted octanol–water partition coefficient (Wildman–Crippen LogP) is 2.31. The lowest BCUT2D eigenvalue weighted by Gasteiger charge is -2.07. The van der Waals surface area contributed by atoms with Crippen LogP contribution in [-0.4, -0.2) is 21.7 Å². The smallest absolute Gasteiger partial charge is 0.188 e. The van der Waals surface area contributed by atoms with Gasteiger partial charge in [-0.25, -0.2) is 4.68 Å². The fraction of sp³-hybridized carbons (Fsp3) is 0.200. The molecule has 2 heterocycles. The molecule has 0 N–H and O–H groups in total. The summed E-state index contributed by atoms with van der Waals surface area (Å²) in [6, 6.07) is 8.21. The highest BCUT2D eigenvalue weighted by Crippen LogP contribution is 2.30. The van der Waals surface area contributed by atoms with Crippen molar-refractivity contribution in [1.29, 1.82) is 0 Å². The molecule has 1 atom stereocenters. The Hall–Kier alpha value is -1.29. The van der Waals surface area contributed by atoms with E-state index in [1.54, 1.807) is 11.8 Å². The van der Waals surface area contributed by atoms with Gasteiger partial charge in [0.1, 0.15) is 0 Å². The van der Waals surface area contributed by atoms with Gasteiger partial charge in [0, 0.05) is 17.4 Å². The lowest BCUT2D eigenvalue weighted by Crippen LogP contribution is -2.01. The molecule has 14 heavy (non-hydrogen) atoms. The zero-order valence-electron chi connectivity index (χ0n) is 7.50. The van der Waals surface area contributed by atoms with Gasteiger partial charge in [0.15, 0.2) is 5.50 Å². The first-order chi connectivity index (χ1) is 6.95. The molecule has 0 spiro atoms. The van der Waals surface area contributed by atoms with Crippen LogP contribution in [0.3, 0.4) is 0 Å². The first-order valence-corrected chi connectivity index (χ1v) is 5.55. The third-order valence-electron chi connectivity index (χ3n) is 2.27. The van der Waals surface area contributed by atoms with E-state index in [9.17, 15) is 0 Å². The quantitative estimate of drug-likeness (QED) is 0.712. The van der Waals surface area contributed by atoms with E-state index in [1.165, 1.54) is 5.39 Å². The van der Waals surface area contributed by atoms with E-state index in [2.05, 4.69) is 22.2 Å². The molecule has 0 radical (unpaired) electrons. The normalized spacial score (nSPS) is 20.7. The summed E-state index contributed by atoms with van der Waals surface area (Å²) in [5, 5.41) is 5.54. The minimum absolute atomic E-state index is 0.134. The van der Waals surface area contributed by atoms with E-state index in [0.717, 1.165) is 11.3 Å². The molecule has 70 valence electrons. The molecular weight excluding hydrogens is 194 g/mol. The predicted molar refractivity (Wildman–Crippen MR) is 59.7 cm³/mol. The highest BCUT2D eigenvalue weighted by molar-refractivity contribution is 8.00. The molecule has 0 saturated heterocycles. The SMILES string of the molecule is C1=NC(n2ncc3ccccc32)SC1. The second kappa shape index (κ2) is 3.13. The van der Waals surface area contributed by atoms with Crippen LogP contribution in [0.15, 0.2) is 35.5 Å². The summed E-state index contributed by atoms with van der Waals surface area (Å²) in [5.41, 5.74) is 1.29. The van der Waals surface area contributed by atoms with E-state index in [-0.39, 0.29) is 5.50 Å². The summed E-state index contributed by atoms with van der Waals surface area (Å²) in [6.45, 7) is 0. The van der Waals surface area contributed by atoms with Crippen molar-refractivity contribution in [2.75, 3.05) is 5.75 Å². The van der Waals surface area contributed by atoms with Crippen molar-refractivity contribution in [3.8, 4) is 0 Å². The number of benzene rings is 1. The number of hydrogen-bond acceptors (Lipinski definition) is 3. The Labute approximate surface area is 85.8 Å². The van der Waals surface area contributed by atoms with Crippen molar-refractivity contribution in [2.45, 2.75) is 5.50 Å². The van der Waals surface area contributed by atoms with Crippen molar-refractivity contribution in [1.82, 2.24) is 9.78 Å². The van der Waals surface area contributed by atoms with Gasteiger partial charge in [0.2, 0.25) is 0 Å². The van der Waals surface area contributed by atoms with Crippen LogP contribution < -0.4 is 0 Å². The van der Waals surface area contributed by atoms with E-state index in [4.69, 9.17) is 0 Å². The summed E-state index contributed by atoms with van der Waals surface area (Å²) in [7, 11) is 0. The average molecular weight is 203 g/mol. The van der Waals surface area contributed by atoms with E-state index in [1.807, 2.05) is 29.2 Å². The highest BCUT2D eigenvalue weighted by Gasteiger charge is 2.15. The van der Waals surface area contributed by atoms with Gasteiger partial charge in [-0.05, 0) is 6.07 Å². The number of hydrogen-bond donors (Lipinski definition) is 0. The number of aromatic nitrogens is 2. The van der Waals surface area contributed by atoms with Crippen LogP contribution in [0.5, 0.6) is 0 Å². The van der Waals surface area contributed by atoms with Gasteiger partial charge >= 0.3 is 0 Å². The minimum atomic E-state index is 0.134. The zero-order valence-corrected chi connectivity index (χ0v) is 8.31. The maximum atomic E-state index is 4.37. The third kappa shape index (κ3) is 1.14. The minimum Gasteiger partial charge on any atom is -0.259 e. The van der Waals surface area contributed by atoms with Crippen LogP contribution in [-0.2, 0) is 0 Å². The van der Waals surface area contributed by atoms with Crippen molar-refractivity contribution in [3.05, 3.63) is 30.5 Å². The molecule has 3 rings (SSSR count). The summed E-state index contributed by atoms with van der Waals surface area (Å²) < 4.78 is 1.98. The van der Waals surface area contributed by atoms with Crippen molar-refractivity contribution in [2.24, 2.45) is 4.99 Å². The van der Waals surface area contributed by atoms with Crippen molar-refractivity contribution >= 4 is 28.9 Å². The number of para-hydroxylation sites is 1. The van der Waals surface area contributed by atoms with Gasteiger partial charge in [-0.3, -0.25) is 4.99 Å². The Morgan fingerprint density at radius 3 is 3.14 bits per heavy atom. The van der Waals surface area contributed by atoms with Gasteiger partial charge < -0.3 is 0 Å². The Morgan fingerprint density at radius 2 is 2.29 bits per heavy atom. The maximum Gasteiger partial charge on any atom is 0.188 e. The molecule has 1 aromatic heterocycles. The maximum absolute atomic E-state index is 4.37. The highest BCUT2D eigenvalue weighted by atomic mass is 32.2. The molecule has 2 aromatic rings. The van der Waals surface area contributed by atoms with Crippen LogP contribution >= 0.6 is 11.8 Å². The van der Waals surface area contributed by atoms with Crippen molar-refractivity contribution < 1.29 is 0 Å². The molecular formula is C10H9N3S. The van der Waals surface area contributed by atoms with E-state index >= 15 is 0 Å². The first-order valence-electron chi connectivity index (χ1n) is 4.51. The largest absolute Gasteiger partial charge is 0.259 e. The zero-order chi connectivity index (χ0) is 9.38. The molecule has 0 aliphatic carbocycles. The Morgan fingerprint density at radius 1 is 1.36 bits per heavy atom.